The number of nitrogens with zero attached hydrogens (tertiary/aromatic N) is 3. The zero-order chi connectivity index (χ0) is 19.2. The third kappa shape index (κ3) is 3.12. The summed E-state index contributed by atoms with van der Waals surface area (Å²) in [5.41, 5.74) is 8.77. The van der Waals surface area contributed by atoms with Crippen molar-refractivity contribution in [2.45, 2.75) is 55.8 Å². The van der Waals surface area contributed by atoms with E-state index < -0.39 is 10.0 Å². The first kappa shape index (κ1) is 18.4. The fourth-order valence-electron chi connectivity index (χ4n) is 4.42. The second kappa shape index (κ2) is 6.56. The van der Waals surface area contributed by atoms with Crippen LogP contribution in [0.2, 0.25) is 0 Å². The van der Waals surface area contributed by atoms with E-state index >= 15 is 0 Å². The van der Waals surface area contributed by atoms with Gasteiger partial charge >= 0.3 is 0 Å². The molecule has 1 spiro atoms. The second-order valence-electron chi connectivity index (χ2n) is 8.05. The topological polar surface area (TPSA) is 89.2 Å². The first-order chi connectivity index (χ1) is 12.8. The minimum Gasteiger partial charge on any atom is -0.368 e. The number of hydrogen-bond acceptors (Lipinski definition) is 5. The van der Waals surface area contributed by atoms with Crippen molar-refractivity contribution in [1.29, 1.82) is 0 Å². The molecule has 144 valence electrons. The monoisotopic (exact) mass is 386 g/mol. The number of benzene rings is 1. The molecule has 1 aliphatic heterocycles. The van der Waals surface area contributed by atoms with E-state index in [0.29, 0.717) is 23.9 Å². The number of nitrogen functional groups attached to an aromatic ring is 1. The van der Waals surface area contributed by atoms with Crippen LogP contribution in [-0.2, 0) is 21.9 Å². The summed E-state index contributed by atoms with van der Waals surface area (Å²) in [7, 11) is -3.52. The molecule has 2 heterocycles. The Morgan fingerprint density at radius 1 is 1.19 bits per heavy atom. The largest absolute Gasteiger partial charge is 0.368 e. The lowest BCUT2D eigenvalue weighted by Gasteiger charge is -2.39. The number of anilines is 1. The van der Waals surface area contributed by atoms with E-state index in [1.165, 1.54) is 0 Å². The fourth-order valence-corrected chi connectivity index (χ4v) is 5.99. The molecule has 0 radical (unpaired) electrons. The van der Waals surface area contributed by atoms with Crippen molar-refractivity contribution in [2.24, 2.45) is 0 Å². The lowest BCUT2D eigenvalue weighted by atomic mass is 9.78. The summed E-state index contributed by atoms with van der Waals surface area (Å²) in [4.78, 5) is 8.96. The van der Waals surface area contributed by atoms with Gasteiger partial charge in [0.05, 0.1) is 10.6 Å². The van der Waals surface area contributed by atoms with Gasteiger partial charge in [0, 0.05) is 24.7 Å². The van der Waals surface area contributed by atoms with E-state index in [1.807, 2.05) is 12.1 Å². The highest BCUT2D eigenvalue weighted by atomic mass is 32.2. The molecule has 0 saturated carbocycles. The number of sulfonamides is 1. The first-order valence-corrected chi connectivity index (χ1v) is 11.0. The summed E-state index contributed by atoms with van der Waals surface area (Å²) in [6.45, 7) is 5.21. The Morgan fingerprint density at radius 2 is 1.93 bits per heavy atom. The molecule has 6 nitrogen and oxygen atoms in total. The number of nitrogens with two attached hydrogens (primary N) is 1. The van der Waals surface area contributed by atoms with Crippen molar-refractivity contribution in [1.82, 2.24) is 14.3 Å². The number of rotatable bonds is 3. The van der Waals surface area contributed by atoms with E-state index in [2.05, 4.69) is 23.8 Å². The summed E-state index contributed by atoms with van der Waals surface area (Å²) in [5.74, 6) is 0.638. The lowest BCUT2D eigenvalue weighted by molar-refractivity contribution is 0.219. The molecular weight excluding hydrogens is 360 g/mol. The molecule has 2 N–H and O–H groups in total. The quantitative estimate of drug-likeness (QED) is 0.876. The molecule has 0 amide bonds. The number of aromatic nitrogens is 2. The van der Waals surface area contributed by atoms with Gasteiger partial charge in [-0.05, 0) is 54.9 Å². The lowest BCUT2D eigenvalue weighted by Crippen LogP contribution is -2.47. The fraction of sp³-hybridized carbons (Fsp3) is 0.500. The van der Waals surface area contributed by atoms with Crippen LogP contribution in [0.5, 0.6) is 0 Å². The molecular formula is C20H26N4O2S. The van der Waals surface area contributed by atoms with Gasteiger partial charge in [0.15, 0.2) is 0 Å². The van der Waals surface area contributed by atoms with Gasteiger partial charge in [-0.15, -0.1) is 0 Å². The number of piperidine rings is 1. The summed E-state index contributed by atoms with van der Waals surface area (Å²) in [6.07, 6.45) is 5.34. The Kier molecular flexibility index (Phi) is 4.47. The predicted octanol–water partition coefficient (Wildman–Crippen LogP) is 2.85. The van der Waals surface area contributed by atoms with E-state index in [4.69, 9.17) is 5.73 Å². The van der Waals surface area contributed by atoms with Crippen LogP contribution in [0.1, 0.15) is 55.8 Å². The summed E-state index contributed by atoms with van der Waals surface area (Å²) in [5, 5.41) is 0. The van der Waals surface area contributed by atoms with Gasteiger partial charge in [0.25, 0.3) is 0 Å². The molecule has 27 heavy (non-hydrogen) atoms. The Labute approximate surface area is 160 Å². The van der Waals surface area contributed by atoms with Crippen LogP contribution in [0.15, 0.2) is 35.4 Å². The average molecular weight is 387 g/mol. The van der Waals surface area contributed by atoms with E-state index in [9.17, 15) is 8.42 Å². The van der Waals surface area contributed by atoms with Gasteiger partial charge < -0.3 is 5.73 Å². The van der Waals surface area contributed by atoms with Crippen LogP contribution >= 0.6 is 0 Å². The standard InChI is InChI=1S/C20H26N4O2S/c1-14(2)15-4-6-17(7-5-15)27(25,26)24-11-3-9-20(13-24)10-8-16-12-22-19(21)23-18(16)20/h4-7,12,14H,3,8-11,13H2,1-2H3,(H2,21,22,23). The summed E-state index contributed by atoms with van der Waals surface area (Å²) >= 11 is 0. The molecule has 1 unspecified atom stereocenters. The molecule has 2 aromatic rings. The van der Waals surface area contributed by atoms with Crippen molar-refractivity contribution in [3.05, 3.63) is 47.3 Å². The van der Waals surface area contributed by atoms with Crippen molar-refractivity contribution in [2.75, 3.05) is 18.8 Å². The van der Waals surface area contributed by atoms with Crippen molar-refractivity contribution >= 4 is 16.0 Å². The number of aryl methyl sites for hydroxylation is 1. The zero-order valence-corrected chi connectivity index (χ0v) is 16.7. The third-order valence-electron chi connectivity index (χ3n) is 5.98. The molecule has 1 atom stereocenters. The van der Waals surface area contributed by atoms with Crippen LogP contribution in [0.4, 0.5) is 5.95 Å². The molecule has 7 heteroatoms. The van der Waals surface area contributed by atoms with Gasteiger partial charge in [-0.3, -0.25) is 0 Å². The Balaban J connectivity index is 1.65. The molecule has 1 aromatic carbocycles. The minimum absolute atomic E-state index is 0.240. The van der Waals surface area contributed by atoms with E-state index in [1.54, 1.807) is 22.6 Å². The van der Waals surface area contributed by atoms with E-state index in [-0.39, 0.29) is 11.4 Å². The molecule has 4 rings (SSSR count). The molecule has 2 aliphatic rings. The Bertz CT molecular complexity index is 952. The van der Waals surface area contributed by atoms with Crippen LogP contribution in [0.25, 0.3) is 0 Å². The van der Waals surface area contributed by atoms with Crippen LogP contribution in [0, 0.1) is 0 Å². The minimum atomic E-state index is -3.52. The Morgan fingerprint density at radius 3 is 2.63 bits per heavy atom. The molecule has 1 aromatic heterocycles. The SMILES string of the molecule is CC(C)c1ccc(S(=O)(=O)N2CCCC3(CCc4cnc(N)nc43)C2)cc1. The maximum atomic E-state index is 13.3. The maximum absolute atomic E-state index is 13.3. The second-order valence-corrected chi connectivity index (χ2v) is 9.99. The smallest absolute Gasteiger partial charge is 0.243 e. The van der Waals surface area contributed by atoms with Gasteiger partial charge in [-0.25, -0.2) is 18.4 Å². The van der Waals surface area contributed by atoms with Crippen molar-refractivity contribution in [3.63, 3.8) is 0 Å². The van der Waals surface area contributed by atoms with Crippen molar-refractivity contribution < 1.29 is 8.42 Å². The van der Waals surface area contributed by atoms with Crippen molar-refractivity contribution in [3.8, 4) is 0 Å². The van der Waals surface area contributed by atoms with Crippen LogP contribution in [0.3, 0.4) is 0 Å². The molecule has 1 aliphatic carbocycles. The van der Waals surface area contributed by atoms with Crippen LogP contribution < -0.4 is 5.73 Å². The summed E-state index contributed by atoms with van der Waals surface area (Å²) in [6, 6.07) is 7.29. The molecule has 1 saturated heterocycles. The van der Waals surface area contributed by atoms with Gasteiger partial charge in [0.2, 0.25) is 16.0 Å². The summed E-state index contributed by atoms with van der Waals surface area (Å²) < 4.78 is 28.1. The Hall–Kier alpha value is -1.99. The molecule has 0 bridgehead atoms. The van der Waals surface area contributed by atoms with E-state index in [0.717, 1.165) is 42.5 Å². The first-order valence-electron chi connectivity index (χ1n) is 9.54. The number of hydrogen-bond donors (Lipinski definition) is 1. The van der Waals surface area contributed by atoms with Gasteiger partial charge in [-0.2, -0.15) is 4.31 Å². The molecule has 1 fully saturated rings. The highest BCUT2D eigenvalue weighted by Gasteiger charge is 2.46. The highest BCUT2D eigenvalue weighted by molar-refractivity contribution is 7.89. The predicted molar refractivity (Wildman–Crippen MR) is 105 cm³/mol. The zero-order valence-electron chi connectivity index (χ0n) is 15.9. The third-order valence-corrected chi connectivity index (χ3v) is 7.84. The highest BCUT2D eigenvalue weighted by Crippen LogP contribution is 2.45. The van der Waals surface area contributed by atoms with Gasteiger partial charge in [0.1, 0.15) is 0 Å². The van der Waals surface area contributed by atoms with Crippen LogP contribution in [-0.4, -0.2) is 35.8 Å². The number of fused-ring (bicyclic) bond motifs is 2. The normalized spacial score (nSPS) is 23.1. The average Bonchev–Trinajstić information content (AvgIpc) is 2.99. The maximum Gasteiger partial charge on any atom is 0.243 e. The van der Waals surface area contributed by atoms with Gasteiger partial charge in [-0.1, -0.05) is 26.0 Å².